The van der Waals surface area contributed by atoms with Gasteiger partial charge in [-0.15, -0.1) is 0 Å². The first-order valence-electron chi connectivity index (χ1n) is 6.84. The van der Waals surface area contributed by atoms with Gasteiger partial charge in [0.1, 0.15) is 0 Å². The number of rotatable bonds is 4. The first-order chi connectivity index (χ1) is 9.61. The molecule has 3 N–H and O–H groups in total. The molecule has 0 radical (unpaired) electrons. The van der Waals surface area contributed by atoms with E-state index < -0.39 is 6.10 Å². The third-order valence-electron chi connectivity index (χ3n) is 3.50. The average Bonchev–Trinajstić information content (AvgIpc) is 2.46. The predicted octanol–water partition coefficient (Wildman–Crippen LogP) is 3.47. The van der Waals surface area contributed by atoms with Crippen molar-refractivity contribution in [2.45, 2.75) is 20.0 Å². The summed E-state index contributed by atoms with van der Waals surface area (Å²) >= 11 is 0. The van der Waals surface area contributed by atoms with E-state index in [1.54, 1.807) is 0 Å². The number of hydrogen-bond acceptors (Lipinski definition) is 2. The Hall–Kier alpha value is -1.90. The SMILES string of the molecule is Cc1cccc(C)c1/C=C/c1cccc(C(O)CN)c1. The molecule has 20 heavy (non-hydrogen) atoms. The molecule has 2 aromatic carbocycles. The molecule has 0 fully saturated rings. The maximum atomic E-state index is 9.78. The van der Waals surface area contributed by atoms with Crippen molar-refractivity contribution in [3.8, 4) is 0 Å². The molecule has 0 heterocycles. The fraction of sp³-hybridized carbons (Fsp3) is 0.222. The number of aliphatic hydroxyl groups excluding tert-OH is 1. The Morgan fingerprint density at radius 3 is 2.35 bits per heavy atom. The highest BCUT2D eigenvalue weighted by Gasteiger charge is 2.04. The van der Waals surface area contributed by atoms with Gasteiger partial charge in [-0.3, -0.25) is 0 Å². The molecule has 0 aliphatic carbocycles. The molecule has 2 nitrogen and oxygen atoms in total. The van der Waals surface area contributed by atoms with Crippen molar-refractivity contribution in [3.63, 3.8) is 0 Å². The van der Waals surface area contributed by atoms with Crippen LogP contribution in [-0.2, 0) is 0 Å². The summed E-state index contributed by atoms with van der Waals surface area (Å²) in [6, 6.07) is 14.1. The van der Waals surface area contributed by atoms with E-state index in [4.69, 9.17) is 5.73 Å². The van der Waals surface area contributed by atoms with Crippen LogP contribution in [0.4, 0.5) is 0 Å². The molecule has 2 rings (SSSR count). The summed E-state index contributed by atoms with van der Waals surface area (Å²) in [5.41, 5.74) is 11.2. The largest absolute Gasteiger partial charge is 0.387 e. The van der Waals surface area contributed by atoms with Gasteiger partial charge in [0, 0.05) is 6.54 Å². The summed E-state index contributed by atoms with van der Waals surface area (Å²) in [5, 5.41) is 9.78. The van der Waals surface area contributed by atoms with Gasteiger partial charge in [0.15, 0.2) is 0 Å². The zero-order chi connectivity index (χ0) is 14.5. The van der Waals surface area contributed by atoms with Gasteiger partial charge in [-0.2, -0.15) is 0 Å². The Labute approximate surface area is 120 Å². The minimum absolute atomic E-state index is 0.240. The number of aryl methyl sites for hydroxylation is 2. The second kappa shape index (κ2) is 6.51. The lowest BCUT2D eigenvalue weighted by Gasteiger charge is -2.08. The standard InChI is InChI=1S/C18H21NO/c1-13-5-3-6-14(2)17(13)10-9-15-7-4-8-16(11-15)18(20)12-19/h3-11,18,20H,12,19H2,1-2H3/b10-9+. The van der Waals surface area contributed by atoms with Gasteiger partial charge in [-0.05, 0) is 47.7 Å². The van der Waals surface area contributed by atoms with Gasteiger partial charge >= 0.3 is 0 Å². The topological polar surface area (TPSA) is 46.2 Å². The number of nitrogens with two attached hydrogens (primary N) is 1. The van der Waals surface area contributed by atoms with Gasteiger partial charge in [-0.25, -0.2) is 0 Å². The van der Waals surface area contributed by atoms with Crippen molar-refractivity contribution in [2.75, 3.05) is 6.54 Å². The molecule has 0 aliphatic rings. The van der Waals surface area contributed by atoms with Crippen LogP contribution in [0.15, 0.2) is 42.5 Å². The first kappa shape index (κ1) is 14.5. The Morgan fingerprint density at radius 2 is 1.70 bits per heavy atom. The third kappa shape index (κ3) is 3.35. The van der Waals surface area contributed by atoms with E-state index in [0.29, 0.717) is 0 Å². The van der Waals surface area contributed by atoms with Gasteiger partial charge in [0.2, 0.25) is 0 Å². The Bertz CT molecular complexity index is 596. The van der Waals surface area contributed by atoms with Crippen LogP contribution in [0.25, 0.3) is 12.2 Å². The summed E-state index contributed by atoms with van der Waals surface area (Å²) in [7, 11) is 0. The Morgan fingerprint density at radius 1 is 1.05 bits per heavy atom. The van der Waals surface area contributed by atoms with Gasteiger partial charge in [0.25, 0.3) is 0 Å². The van der Waals surface area contributed by atoms with E-state index in [1.165, 1.54) is 16.7 Å². The van der Waals surface area contributed by atoms with Crippen molar-refractivity contribution >= 4 is 12.2 Å². The normalized spacial score (nSPS) is 12.8. The van der Waals surface area contributed by atoms with Gasteiger partial charge in [-0.1, -0.05) is 48.6 Å². The third-order valence-corrected chi connectivity index (χ3v) is 3.50. The van der Waals surface area contributed by atoms with Crippen molar-refractivity contribution in [1.29, 1.82) is 0 Å². The Kier molecular flexibility index (Phi) is 4.72. The highest BCUT2D eigenvalue weighted by atomic mass is 16.3. The zero-order valence-electron chi connectivity index (χ0n) is 12.0. The highest BCUT2D eigenvalue weighted by molar-refractivity contribution is 5.72. The fourth-order valence-electron chi connectivity index (χ4n) is 2.28. The molecule has 0 bridgehead atoms. The van der Waals surface area contributed by atoms with Crippen LogP contribution < -0.4 is 5.73 Å². The molecule has 2 heteroatoms. The molecule has 2 aromatic rings. The fourth-order valence-corrected chi connectivity index (χ4v) is 2.28. The number of hydrogen-bond donors (Lipinski definition) is 2. The summed E-state index contributed by atoms with van der Waals surface area (Å²) in [5.74, 6) is 0. The predicted molar refractivity (Wildman–Crippen MR) is 85.3 cm³/mol. The lowest BCUT2D eigenvalue weighted by atomic mass is 10.0. The molecule has 1 atom stereocenters. The first-order valence-corrected chi connectivity index (χ1v) is 6.84. The summed E-state index contributed by atoms with van der Waals surface area (Å²) in [4.78, 5) is 0. The minimum atomic E-state index is -0.594. The molecule has 0 aliphatic heterocycles. The minimum Gasteiger partial charge on any atom is -0.387 e. The van der Waals surface area contributed by atoms with Crippen LogP contribution in [0.3, 0.4) is 0 Å². The van der Waals surface area contributed by atoms with E-state index >= 15 is 0 Å². The van der Waals surface area contributed by atoms with Crippen molar-refractivity contribution < 1.29 is 5.11 Å². The van der Waals surface area contributed by atoms with E-state index in [-0.39, 0.29) is 6.54 Å². The molecule has 104 valence electrons. The molecule has 1 unspecified atom stereocenters. The van der Waals surface area contributed by atoms with Crippen LogP contribution >= 0.6 is 0 Å². The molecule has 0 saturated heterocycles. The van der Waals surface area contributed by atoms with E-state index in [9.17, 15) is 5.11 Å². The van der Waals surface area contributed by atoms with Crippen LogP contribution in [-0.4, -0.2) is 11.7 Å². The van der Waals surface area contributed by atoms with E-state index in [2.05, 4.69) is 44.2 Å². The van der Waals surface area contributed by atoms with Crippen LogP contribution in [0.5, 0.6) is 0 Å². The van der Waals surface area contributed by atoms with Gasteiger partial charge < -0.3 is 10.8 Å². The quantitative estimate of drug-likeness (QED) is 0.833. The lowest BCUT2D eigenvalue weighted by Crippen LogP contribution is -2.11. The van der Waals surface area contributed by atoms with E-state index in [0.717, 1.165) is 11.1 Å². The maximum Gasteiger partial charge on any atom is 0.0912 e. The van der Waals surface area contributed by atoms with Crippen molar-refractivity contribution in [2.24, 2.45) is 5.73 Å². The molecule has 0 saturated carbocycles. The van der Waals surface area contributed by atoms with Crippen LogP contribution in [0.2, 0.25) is 0 Å². The average molecular weight is 267 g/mol. The van der Waals surface area contributed by atoms with E-state index in [1.807, 2.05) is 24.3 Å². The monoisotopic (exact) mass is 267 g/mol. The van der Waals surface area contributed by atoms with Gasteiger partial charge in [0.05, 0.1) is 6.10 Å². The zero-order valence-corrected chi connectivity index (χ0v) is 12.0. The smallest absolute Gasteiger partial charge is 0.0912 e. The second-order valence-electron chi connectivity index (χ2n) is 5.06. The van der Waals surface area contributed by atoms with Crippen LogP contribution in [0, 0.1) is 13.8 Å². The summed E-state index contributed by atoms with van der Waals surface area (Å²) in [6.07, 6.45) is 3.60. The number of aliphatic hydroxyl groups is 1. The van der Waals surface area contributed by atoms with Crippen molar-refractivity contribution in [3.05, 3.63) is 70.3 Å². The molecular weight excluding hydrogens is 246 g/mol. The summed E-state index contributed by atoms with van der Waals surface area (Å²) < 4.78 is 0. The van der Waals surface area contributed by atoms with Crippen LogP contribution in [0.1, 0.15) is 33.9 Å². The Balaban J connectivity index is 2.28. The number of benzene rings is 2. The second-order valence-corrected chi connectivity index (χ2v) is 5.06. The maximum absolute atomic E-state index is 9.78. The lowest BCUT2D eigenvalue weighted by molar-refractivity contribution is 0.186. The van der Waals surface area contributed by atoms with Crippen molar-refractivity contribution in [1.82, 2.24) is 0 Å². The summed E-state index contributed by atoms with van der Waals surface area (Å²) in [6.45, 7) is 4.46. The molecular formula is C18H21NO. The molecule has 0 spiro atoms. The molecule has 0 amide bonds. The highest BCUT2D eigenvalue weighted by Crippen LogP contribution is 2.19. The molecule has 0 aromatic heterocycles.